The van der Waals surface area contributed by atoms with E-state index < -0.39 is 0 Å². The van der Waals surface area contributed by atoms with Crippen LogP contribution in [0.25, 0.3) is 5.57 Å². The van der Waals surface area contributed by atoms with Crippen LogP contribution in [-0.2, 0) is 0 Å². The highest BCUT2D eigenvalue weighted by molar-refractivity contribution is 9.11. The lowest BCUT2D eigenvalue weighted by atomic mass is 9.98. The molecule has 0 unspecified atom stereocenters. The number of allylic oxidation sites excluding steroid dienone is 4. The van der Waals surface area contributed by atoms with Crippen LogP contribution in [0.1, 0.15) is 18.4 Å². The van der Waals surface area contributed by atoms with Crippen LogP contribution in [-0.4, -0.2) is 0 Å². The van der Waals surface area contributed by atoms with E-state index in [1.807, 2.05) is 0 Å². The van der Waals surface area contributed by atoms with Crippen molar-refractivity contribution in [3.63, 3.8) is 0 Å². The molecule has 1 aliphatic carbocycles. The van der Waals surface area contributed by atoms with Gasteiger partial charge in [0.05, 0.1) is 0 Å². The Bertz CT molecular complexity index is 347. The highest BCUT2D eigenvalue weighted by atomic mass is 79.9. The highest BCUT2D eigenvalue weighted by Gasteiger charge is 2.04. The summed E-state index contributed by atoms with van der Waals surface area (Å²) in [4.78, 5) is 0. The summed E-state index contributed by atoms with van der Waals surface area (Å²) in [5, 5.41) is 0. The minimum absolute atomic E-state index is 1.14. The largest absolute Gasteiger partial charge is 0.0699 e. The van der Waals surface area contributed by atoms with E-state index in [0.29, 0.717) is 0 Å². The standard InChI is InChI=1S/C12H11Br/c13-12-8-4-7-11(9-12)10-5-2-1-3-6-10/h1-3,5-6,8-9H,4,7H2. The summed E-state index contributed by atoms with van der Waals surface area (Å²) in [7, 11) is 0. The van der Waals surface area contributed by atoms with Crippen LogP contribution in [0.2, 0.25) is 0 Å². The molecule has 0 saturated heterocycles. The zero-order valence-electron chi connectivity index (χ0n) is 7.33. The normalized spacial score (nSPS) is 16.4. The molecule has 0 spiro atoms. The molecule has 0 atom stereocenters. The minimum Gasteiger partial charge on any atom is -0.0699 e. The molecule has 0 aliphatic heterocycles. The van der Waals surface area contributed by atoms with Gasteiger partial charge in [-0.15, -0.1) is 0 Å². The van der Waals surface area contributed by atoms with Crippen molar-refractivity contribution in [1.82, 2.24) is 0 Å². The first-order valence-electron chi connectivity index (χ1n) is 4.48. The Labute approximate surface area is 87.1 Å². The minimum atomic E-state index is 1.14. The van der Waals surface area contributed by atoms with Crippen molar-refractivity contribution in [1.29, 1.82) is 0 Å². The van der Waals surface area contributed by atoms with Crippen LogP contribution in [0, 0.1) is 0 Å². The molecule has 0 aromatic heterocycles. The van der Waals surface area contributed by atoms with Gasteiger partial charge in [-0.1, -0.05) is 52.3 Å². The molecule has 0 heterocycles. The summed E-state index contributed by atoms with van der Waals surface area (Å²) in [6.07, 6.45) is 6.71. The van der Waals surface area contributed by atoms with Crippen LogP contribution in [0.15, 0.2) is 47.0 Å². The summed E-state index contributed by atoms with van der Waals surface area (Å²) < 4.78 is 1.21. The van der Waals surface area contributed by atoms with Crippen molar-refractivity contribution in [2.24, 2.45) is 0 Å². The van der Waals surface area contributed by atoms with Gasteiger partial charge in [-0.3, -0.25) is 0 Å². The number of hydrogen-bond donors (Lipinski definition) is 0. The quantitative estimate of drug-likeness (QED) is 0.686. The van der Waals surface area contributed by atoms with Gasteiger partial charge in [-0.25, -0.2) is 0 Å². The summed E-state index contributed by atoms with van der Waals surface area (Å²) in [5.74, 6) is 0. The SMILES string of the molecule is BrC1=CCCC(c2ccccc2)=C1. The second-order valence-corrected chi connectivity index (χ2v) is 4.08. The second-order valence-electron chi connectivity index (χ2n) is 3.16. The first-order valence-corrected chi connectivity index (χ1v) is 5.27. The average Bonchev–Trinajstić information content (AvgIpc) is 2.19. The van der Waals surface area contributed by atoms with E-state index in [4.69, 9.17) is 0 Å². The fourth-order valence-corrected chi connectivity index (χ4v) is 2.05. The van der Waals surface area contributed by atoms with Gasteiger partial charge in [0, 0.05) is 4.48 Å². The molecule has 0 fully saturated rings. The second kappa shape index (κ2) is 3.93. The van der Waals surface area contributed by atoms with Crippen molar-refractivity contribution >= 4 is 21.5 Å². The van der Waals surface area contributed by atoms with Gasteiger partial charge in [0.2, 0.25) is 0 Å². The molecule has 0 amide bonds. The Morgan fingerprint density at radius 3 is 2.54 bits per heavy atom. The fraction of sp³-hybridized carbons (Fsp3) is 0.167. The van der Waals surface area contributed by atoms with Crippen LogP contribution in [0.3, 0.4) is 0 Å². The molecule has 66 valence electrons. The van der Waals surface area contributed by atoms with Crippen LogP contribution in [0.4, 0.5) is 0 Å². The third kappa shape index (κ3) is 2.10. The predicted octanol–water partition coefficient (Wildman–Crippen LogP) is 4.14. The Morgan fingerprint density at radius 2 is 1.85 bits per heavy atom. The maximum Gasteiger partial charge on any atom is 0.0138 e. The molecule has 1 aliphatic rings. The predicted molar refractivity (Wildman–Crippen MR) is 60.7 cm³/mol. The number of halogens is 1. The topological polar surface area (TPSA) is 0 Å². The average molecular weight is 235 g/mol. The monoisotopic (exact) mass is 234 g/mol. The molecule has 2 rings (SSSR count). The van der Waals surface area contributed by atoms with E-state index in [-0.39, 0.29) is 0 Å². The zero-order chi connectivity index (χ0) is 9.10. The van der Waals surface area contributed by atoms with Crippen molar-refractivity contribution in [3.05, 3.63) is 52.5 Å². The summed E-state index contributed by atoms with van der Waals surface area (Å²) in [5.41, 5.74) is 2.77. The number of hydrogen-bond acceptors (Lipinski definition) is 0. The smallest absolute Gasteiger partial charge is 0.0138 e. The van der Waals surface area contributed by atoms with E-state index in [9.17, 15) is 0 Å². The van der Waals surface area contributed by atoms with Gasteiger partial charge in [0.1, 0.15) is 0 Å². The summed E-state index contributed by atoms with van der Waals surface area (Å²) >= 11 is 3.51. The molecule has 13 heavy (non-hydrogen) atoms. The first-order chi connectivity index (χ1) is 6.36. The van der Waals surface area contributed by atoms with Crippen molar-refractivity contribution in [2.45, 2.75) is 12.8 Å². The van der Waals surface area contributed by atoms with E-state index in [1.54, 1.807) is 0 Å². The third-order valence-electron chi connectivity index (χ3n) is 2.21. The molecule has 0 bridgehead atoms. The summed E-state index contributed by atoms with van der Waals surface area (Å²) in [6.45, 7) is 0. The lowest BCUT2D eigenvalue weighted by molar-refractivity contribution is 1.05. The van der Waals surface area contributed by atoms with Gasteiger partial charge in [0.15, 0.2) is 0 Å². The Kier molecular flexibility index (Phi) is 2.65. The Balaban J connectivity index is 2.32. The van der Waals surface area contributed by atoms with Gasteiger partial charge >= 0.3 is 0 Å². The Hall–Kier alpha value is -0.820. The van der Waals surface area contributed by atoms with Crippen molar-refractivity contribution in [3.8, 4) is 0 Å². The van der Waals surface area contributed by atoms with Crippen LogP contribution >= 0.6 is 15.9 Å². The molecule has 1 heteroatoms. The zero-order valence-corrected chi connectivity index (χ0v) is 8.92. The van der Waals surface area contributed by atoms with Gasteiger partial charge < -0.3 is 0 Å². The molecular formula is C12H11Br. The van der Waals surface area contributed by atoms with Crippen molar-refractivity contribution < 1.29 is 0 Å². The molecule has 0 radical (unpaired) electrons. The van der Waals surface area contributed by atoms with Gasteiger partial charge in [-0.05, 0) is 30.1 Å². The molecular weight excluding hydrogens is 224 g/mol. The fourth-order valence-electron chi connectivity index (χ4n) is 1.54. The number of rotatable bonds is 1. The maximum absolute atomic E-state index is 3.51. The van der Waals surface area contributed by atoms with E-state index in [2.05, 4.69) is 58.4 Å². The van der Waals surface area contributed by atoms with Gasteiger partial charge in [0.25, 0.3) is 0 Å². The van der Waals surface area contributed by atoms with Crippen LogP contribution in [0.5, 0.6) is 0 Å². The molecule has 0 saturated carbocycles. The molecule has 0 N–H and O–H groups in total. The molecule has 1 aromatic carbocycles. The number of benzene rings is 1. The lowest BCUT2D eigenvalue weighted by Crippen LogP contribution is -1.88. The molecule has 0 nitrogen and oxygen atoms in total. The highest BCUT2D eigenvalue weighted by Crippen LogP contribution is 2.28. The van der Waals surface area contributed by atoms with E-state index >= 15 is 0 Å². The van der Waals surface area contributed by atoms with Gasteiger partial charge in [-0.2, -0.15) is 0 Å². The van der Waals surface area contributed by atoms with E-state index in [1.165, 1.54) is 15.6 Å². The lowest BCUT2D eigenvalue weighted by Gasteiger charge is -2.10. The summed E-state index contributed by atoms with van der Waals surface area (Å²) in [6, 6.07) is 10.6. The maximum atomic E-state index is 3.51. The van der Waals surface area contributed by atoms with Crippen molar-refractivity contribution in [2.75, 3.05) is 0 Å². The first kappa shape index (κ1) is 8.76. The van der Waals surface area contributed by atoms with E-state index in [0.717, 1.165) is 12.8 Å². The Morgan fingerprint density at radius 1 is 1.08 bits per heavy atom. The van der Waals surface area contributed by atoms with Crippen LogP contribution < -0.4 is 0 Å². The molecule has 1 aromatic rings. The third-order valence-corrected chi connectivity index (χ3v) is 2.76.